The highest BCUT2D eigenvalue weighted by atomic mass is 32.2. The van der Waals surface area contributed by atoms with Gasteiger partial charge in [-0.25, -0.2) is 13.6 Å². The zero-order chi connectivity index (χ0) is 19.1. The Morgan fingerprint density at radius 1 is 1.04 bits per heavy atom. The average molecular weight is 381 g/mol. The first-order chi connectivity index (χ1) is 12.4. The van der Waals surface area contributed by atoms with Gasteiger partial charge in [-0.1, -0.05) is 24.3 Å². The number of aliphatic carboxylic acids is 1. The van der Waals surface area contributed by atoms with Crippen LogP contribution in [0.15, 0.2) is 53.4 Å². The van der Waals surface area contributed by atoms with Gasteiger partial charge in [0.25, 0.3) is 0 Å². The fourth-order valence-electron chi connectivity index (χ4n) is 2.28. The first-order valence-electron chi connectivity index (χ1n) is 7.77. The first kappa shape index (κ1) is 19.7. The molecule has 0 aliphatic rings. The van der Waals surface area contributed by atoms with Gasteiger partial charge in [-0.2, -0.15) is 0 Å². The minimum Gasteiger partial charge on any atom is -0.480 e. The van der Waals surface area contributed by atoms with E-state index in [-0.39, 0.29) is 12.2 Å². The Hall–Kier alpha value is -2.61. The van der Waals surface area contributed by atoms with E-state index in [9.17, 15) is 27.7 Å². The number of carbonyl (C=O) groups excluding carboxylic acids is 1. The molecule has 2 aromatic carbocycles. The molecule has 0 heterocycles. The predicted octanol–water partition coefficient (Wildman–Crippen LogP) is 2.27. The minimum atomic E-state index is -1.42. The highest BCUT2D eigenvalue weighted by molar-refractivity contribution is 7.85. The molecule has 0 fully saturated rings. The summed E-state index contributed by atoms with van der Waals surface area (Å²) in [4.78, 5) is 23.8. The van der Waals surface area contributed by atoms with Crippen molar-refractivity contribution in [1.29, 1.82) is 0 Å². The molecule has 26 heavy (non-hydrogen) atoms. The van der Waals surface area contributed by atoms with E-state index >= 15 is 0 Å². The van der Waals surface area contributed by atoms with Crippen molar-refractivity contribution in [2.45, 2.75) is 23.8 Å². The summed E-state index contributed by atoms with van der Waals surface area (Å²) in [6, 6.07) is 10.4. The van der Waals surface area contributed by atoms with Gasteiger partial charge in [-0.05, 0) is 30.7 Å². The largest absolute Gasteiger partial charge is 0.480 e. The topological polar surface area (TPSA) is 83.5 Å². The normalized spacial score (nSPS) is 13.0. The van der Waals surface area contributed by atoms with Crippen LogP contribution in [0.3, 0.4) is 0 Å². The first-order valence-corrected chi connectivity index (χ1v) is 9.09. The van der Waals surface area contributed by atoms with Gasteiger partial charge in [0.2, 0.25) is 5.91 Å². The Morgan fingerprint density at radius 3 is 2.23 bits per heavy atom. The smallest absolute Gasteiger partial charge is 0.326 e. The number of rotatable bonds is 8. The molecule has 0 aromatic heterocycles. The highest BCUT2D eigenvalue weighted by Crippen LogP contribution is 2.13. The lowest BCUT2D eigenvalue weighted by Gasteiger charge is -2.15. The fraction of sp³-hybridized carbons (Fsp3) is 0.222. The van der Waals surface area contributed by atoms with E-state index in [2.05, 4.69) is 5.32 Å². The molecule has 0 unspecified atom stereocenters. The lowest BCUT2D eigenvalue weighted by atomic mass is 10.1. The fourth-order valence-corrected chi connectivity index (χ4v) is 3.43. The van der Waals surface area contributed by atoms with Crippen molar-refractivity contribution in [2.75, 3.05) is 5.75 Å². The number of amides is 1. The Kier molecular flexibility index (Phi) is 6.97. The molecule has 2 N–H and O–H groups in total. The molecule has 0 bridgehead atoms. The summed E-state index contributed by atoms with van der Waals surface area (Å²) >= 11 is 0. The third-order valence-corrected chi connectivity index (χ3v) is 5.03. The monoisotopic (exact) mass is 381 g/mol. The number of carboxylic acid groups (broad SMARTS) is 1. The van der Waals surface area contributed by atoms with E-state index in [1.54, 1.807) is 30.3 Å². The highest BCUT2D eigenvalue weighted by Gasteiger charge is 2.22. The maximum atomic E-state index is 13.6. The van der Waals surface area contributed by atoms with Crippen molar-refractivity contribution in [1.82, 2.24) is 5.32 Å². The zero-order valence-corrected chi connectivity index (χ0v) is 14.5. The van der Waals surface area contributed by atoms with Crippen molar-refractivity contribution >= 4 is 22.7 Å². The van der Waals surface area contributed by atoms with Crippen LogP contribution in [0.2, 0.25) is 0 Å². The van der Waals surface area contributed by atoms with Crippen LogP contribution in [0.4, 0.5) is 8.78 Å². The summed E-state index contributed by atoms with van der Waals surface area (Å²) in [5.41, 5.74) is -0.429. The SMILES string of the molecule is O=C(Cc1c(F)cccc1F)N[C@H](CC[S@](=O)c1ccccc1)C(=O)O. The predicted molar refractivity (Wildman–Crippen MR) is 92.0 cm³/mol. The zero-order valence-electron chi connectivity index (χ0n) is 13.7. The summed E-state index contributed by atoms with van der Waals surface area (Å²) in [7, 11) is -1.42. The summed E-state index contributed by atoms with van der Waals surface area (Å²) in [5.74, 6) is -3.87. The number of halogens is 2. The average Bonchev–Trinajstić information content (AvgIpc) is 2.62. The van der Waals surface area contributed by atoms with Crippen LogP contribution < -0.4 is 5.32 Å². The maximum absolute atomic E-state index is 13.6. The Morgan fingerprint density at radius 2 is 1.65 bits per heavy atom. The van der Waals surface area contributed by atoms with Gasteiger partial charge in [0.1, 0.15) is 17.7 Å². The number of benzene rings is 2. The third kappa shape index (κ3) is 5.45. The maximum Gasteiger partial charge on any atom is 0.326 e. The molecule has 0 aliphatic heterocycles. The number of carbonyl (C=O) groups is 2. The van der Waals surface area contributed by atoms with Crippen molar-refractivity contribution < 1.29 is 27.7 Å². The number of hydrogen-bond donors (Lipinski definition) is 2. The van der Waals surface area contributed by atoms with Gasteiger partial charge in [0.15, 0.2) is 0 Å². The van der Waals surface area contributed by atoms with Crippen LogP contribution in [-0.2, 0) is 26.8 Å². The van der Waals surface area contributed by atoms with Gasteiger partial charge < -0.3 is 10.4 Å². The third-order valence-electron chi connectivity index (χ3n) is 3.63. The van der Waals surface area contributed by atoms with Crippen molar-refractivity contribution in [3.63, 3.8) is 0 Å². The second-order valence-electron chi connectivity index (χ2n) is 5.49. The molecule has 1 amide bonds. The summed E-state index contributed by atoms with van der Waals surface area (Å²) in [6.07, 6.45) is -0.702. The van der Waals surface area contributed by atoms with Crippen molar-refractivity contribution in [3.8, 4) is 0 Å². The summed E-state index contributed by atoms with van der Waals surface area (Å²) in [5, 5.41) is 11.4. The van der Waals surface area contributed by atoms with E-state index in [1.807, 2.05) is 0 Å². The standard InChI is InChI=1S/C18H17F2NO4S/c19-14-7-4-8-15(20)13(14)11-17(22)21-16(18(23)24)9-10-26(25)12-5-2-1-3-6-12/h1-8,16H,9-11H2,(H,21,22)(H,23,24)/t16-,26+/m1/s1. The van der Waals surface area contributed by atoms with E-state index in [0.717, 1.165) is 12.1 Å². The van der Waals surface area contributed by atoms with E-state index < -0.39 is 52.3 Å². The number of hydrogen-bond acceptors (Lipinski definition) is 3. The Labute approximate surface area is 151 Å². The van der Waals surface area contributed by atoms with E-state index in [1.165, 1.54) is 6.07 Å². The molecular weight excluding hydrogens is 364 g/mol. The van der Waals surface area contributed by atoms with E-state index in [0.29, 0.717) is 4.90 Å². The molecule has 8 heteroatoms. The van der Waals surface area contributed by atoms with Gasteiger partial charge in [-0.15, -0.1) is 0 Å². The van der Waals surface area contributed by atoms with Crippen LogP contribution in [0.5, 0.6) is 0 Å². The molecular formula is C18H17F2NO4S. The molecule has 0 radical (unpaired) electrons. The molecule has 0 saturated heterocycles. The molecule has 138 valence electrons. The number of nitrogens with one attached hydrogen (secondary N) is 1. The molecule has 0 aliphatic carbocycles. The number of carboxylic acids is 1. The van der Waals surface area contributed by atoms with Crippen molar-refractivity contribution in [3.05, 3.63) is 65.7 Å². The van der Waals surface area contributed by atoms with Gasteiger partial charge in [0, 0.05) is 16.2 Å². The van der Waals surface area contributed by atoms with Gasteiger partial charge >= 0.3 is 5.97 Å². The van der Waals surface area contributed by atoms with Crippen molar-refractivity contribution in [2.24, 2.45) is 0 Å². The van der Waals surface area contributed by atoms with Crippen LogP contribution in [0.1, 0.15) is 12.0 Å². The molecule has 0 spiro atoms. The molecule has 0 saturated carbocycles. The molecule has 2 atom stereocenters. The second kappa shape index (κ2) is 9.19. The summed E-state index contributed by atoms with van der Waals surface area (Å²) < 4.78 is 39.3. The van der Waals surface area contributed by atoms with Crippen LogP contribution in [-0.4, -0.2) is 33.0 Å². The van der Waals surface area contributed by atoms with Crippen LogP contribution in [0, 0.1) is 11.6 Å². The Balaban J connectivity index is 1.96. The quantitative estimate of drug-likeness (QED) is 0.735. The lowest BCUT2D eigenvalue weighted by molar-refractivity contribution is -0.141. The van der Waals surface area contributed by atoms with Gasteiger partial charge in [-0.3, -0.25) is 9.00 Å². The summed E-state index contributed by atoms with van der Waals surface area (Å²) in [6.45, 7) is 0. The molecule has 2 rings (SSSR count). The Bertz CT molecular complexity index is 794. The van der Waals surface area contributed by atoms with Crippen LogP contribution in [0.25, 0.3) is 0 Å². The second-order valence-corrected chi connectivity index (χ2v) is 7.06. The molecule has 5 nitrogen and oxygen atoms in total. The van der Waals surface area contributed by atoms with Crippen LogP contribution >= 0.6 is 0 Å². The van der Waals surface area contributed by atoms with Gasteiger partial charge in [0.05, 0.1) is 17.2 Å². The van der Waals surface area contributed by atoms with E-state index in [4.69, 9.17) is 0 Å². The lowest BCUT2D eigenvalue weighted by Crippen LogP contribution is -2.42. The molecule has 2 aromatic rings. The minimum absolute atomic E-state index is 0.0231.